The first-order valence-corrected chi connectivity index (χ1v) is 5.96. The van der Waals surface area contributed by atoms with Gasteiger partial charge >= 0.3 is 0 Å². The van der Waals surface area contributed by atoms with Gasteiger partial charge in [-0.15, -0.1) is 0 Å². The van der Waals surface area contributed by atoms with Gasteiger partial charge in [-0.05, 0) is 23.8 Å². The number of nitrogens with one attached hydrogen (secondary N) is 1. The van der Waals surface area contributed by atoms with Crippen LogP contribution < -0.4 is 10.2 Å². The number of phenolic OH excluding ortho intramolecular Hbond substituents is 1. The largest absolute Gasteiger partial charge is 0.504 e. The normalized spacial score (nSPS) is 10.4. The molecule has 0 aliphatic rings. The second kappa shape index (κ2) is 6.38. The van der Waals surface area contributed by atoms with Crippen LogP contribution in [0.4, 0.5) is 0 Å². The summed E-state index contributed by atoms with van der Waals surface area (Å²) in [6, 6.07) is 13.8. The number of amides is 1. The van der Waals surface area contributed by atoms with Gasteiger partial charge in [0.2, 0.25) is 0 Å². The highest BCUT2D eigenvalue weighted by molar-refractivity contribution is 5.95. The quantitative estimate of drug-likeness (QED) is 0.660. The van der Waals surface area contributed by atoms with Crippen molar-refractivity contribution in [3.8, 4) is 11.5 Å². The van der Waals surface area contributed by atoms with Gasteiger partial charge in [-0.3, -0.25) is 4.79 Å². The van der Waals surface area contributed by atoms with Crippen molar-refractivity contribution in [2.75, 3.05) is 7.11 Å². The zero-order valence-corrected chi connectivity index (χ0v) is 10.9. The molecular formula is C15H14N2O3. The number of ether oxygens (including phenoxy) is 1. The molecule has 2 aromatic rings. The monoisotopic (exact) mass is 270 g/mol. The average molecular weight is 270 g/mol. The van der Waals surface area contributed by atoms with Crippen molar-refractivity contribution in [2.45, 2.75) is 0 Å². The summed E-state index contributed by atoms with van der Waals surface area (Å²) in [5.41, 5.74) is 3.65. The predicted octanol–water partition coefficient (Wildman–Crippen LogP) is 2.16. The molecule has 0 bridgehead atoms. The molecule has 0 unspecified atom stereocenters. The first kappa shape index (κ1) is 13.6. The van der Waals surface area contributed by atoms with Crippen molar-refractivity contribution in [2.24, 2.45) is 5.10 Å². The van der Waals surface area contributed by atoms with Crippen molar-refractivity contribution in [3.05, 3.63) is 59.7 Å². The van der Waals surface area contributed by atoms with Gasteiger partial charge in [-0.25, -0.2) is 5.43 Å². The minimum Gasteiger partial charge on any atom is -0.504 e. The Hall–Kier alpha value is -2.82. The molecule has 0 heterocycles. The maximum atomic E-state index is 11.9. The number of hydrogen-bond acceptors (Lipinski definition) is 4. The Labute approximate surface area is 116 Å². The number of aromatic hydroxyl groups is 1. The van der Waals surface area contributed by atoms with Gasteiger partial charge in [0.05, 0.1) is 13.3 Å². The van der Waals surface area contributed by atoms with Gasteiger partial charge in [0.1, 0.15) is 0 Å². The molecule has 5 heteroatoms. The number of carbonyl (C=O) groups excluding carboxylic acids is 1. The fraction of sp³-hybridized carbons (Fsp3) is 0.0667. The van der Waals surface area contributed by atoms with E-state index in [1.807, 2.05) is 30.3 Å². The van der Waals surface area contributed by atoms with E-state index in [2.05, 4.69) is 10.5 Å². The Kier molecular flexibility index (Phi) is 4.34. The van der Waals surface area contributed by atoms with Crippen LogP contribution in [0.3, 0.4) is 0 Å². The molecule has 0 saturated carbocycles. The van der Waals surface area contributed by atoms with E-state index in [0.717, 1.165) is 5.56 Å². The van der Waals surface area contributed by atoms with Crippen LogP contribution in [0.15, 0.2) is 53.6 Å². The molecule has 102 valence electrons. The second-order valence-corrected chi connectivity index (χ2v) is 4.00. The van der Waals surface area contributed by atoms with E-state index < -0.39 is 0 Å². The maximum absolute atomic E-state index is 11.9. The fourth-order valence-electron chi connectivity index (χ4n) is 1.59. The molecule has 1 amide bonds. The average Bonchev–Trinajstić information content (AvgIpc) is 2.48. The molecule has 0 fully saturated rings. The van der Waals surface area contributed by atoms with Crippen molar-refractivity contribution in [1.82, 2.24) is 5.43 Å². The molecule has 5 nitrogen and oxygen atoms in total. The van der Waals surface area contributed by atoms with Gasteiger partial charge < -0.3 is 9.84 Å². The van der Waals surface area contributed by atoms with Crippen LogP contribution in [-0.4, -0.2) is 24.3 Å². The smallest absolute Gasteiger partial charge is 0.271 e. The van der Waals surface area contributed by atoms with Crippen LogP contribution in [0, 0.1) is 0 Å². The molecule has 0 radical (unpaired) electrons. The SMILES string of the molecule is COc1cc(C(=O)N/N=C/c2ccccc2)ccc1O. The number of rotatable bonds is 4. The van der Waals surface area contributed by atoms with Crippen LogP contribution in [0.5, 0.6) is 11.5 Å². The molecule has 0 aliphatic heterocycles. The molecule has 0 atom stereocenters. The Balaban J connectivity index is 2.04. The molecule has 2 aromatic carbocycles. The van der Waals surface area contributed by atoms with Crippen LogP contribution in [-0.2, 0) is 0 Å². The summed E-state index contributed by atoms with van der Waals surface area (Å²) in [4.78, 5) is 11.9. The summed E-state index contributed by atoms with van der Waals surface area (Å²) in [7, 11) is 1.42. The molecular weight excluding hydrogens is 256 g/mol. The van der Waals surface area contributed by atoms with E-state index in [1.54, 1.807) is 6.21 Å². The van der Waals surface area contributed by atoms with Crippen LogP contribution >= 0.6 is 0 Å². The lowest BCUT2D eigenvalue weighted by Crippen LogP contribution is -2.17. The highest BCUT2D eigenvalue weighted by Gasteiger charge is 2.08. The van der Waals surface area contributed by atoms with E-state index >= 15 is 0 Å². The summed E-state index contributed by atoms with van der Waals surface area (Å²) in [5, 5.41) is 13.3. The fourth-order valence-corrected chi connectivity index (χ4v) is 1.59. The molecule has 0 saturated heterocycles. The number of methoxy groups -OCH3 is 1. The highest BCUT2D eigenvalue weighted by Crippen LogP contribution is 2.26. The molecule has 0 spiro atoms. The van der Waals surface area contributed by atoms with E-state index in [4.69, 9.17) is 4.74 Å². The van der Waals surface area contributed by atoms with Gasteiger partial charge in [-0.2, -0.15) is 5.10 Å². The van der Waals surface area contributed by atoms with Crippen LogP contribution in [0.25, 0.3) is 0 Å². The van der Waals surface area contributed by atoms with Crippen molar-refractivity contribution in [3.63, 3.8) is 0 Å². The van der Waals surface area contributed by atoms with Crippen molar-refractivity contribution >= 4 is 12.1 Å². The topological polar surface area (TPSA) is 70.9 Å². The predicted molar refractivity (Wildman–Crippen MR) is 76.2 cm³/mol. The number of hydrazone groups is 1. The first-order chi connectivity index (χ1) is 9.70. The summed E-state index contributed by atoms with van der Waals surface area (Å²) in [6.07, 6.45) is 1.55. The summed E-state index contributed by atoms with van der Waals surface area (Å²) >= 11 is 0. The third-order valence-corrected chi connectivity index (χ3v) is 2.62. The Morgan fingerprint density at radius 3 is 2.70 bits per heavy atom. The third-order valence-electron chi connectivity index (χ3n) is 2.62. The lowest BCUT2D eigenvalue weighted by atomic mass is 10.2. The number of benzene rings is 2. The Bertz CT molecular complexity index is 624. The number of hydrogen-bond donors (Lipinski definition) is 2. The van der Waals surface area contributed by atoms with E-state index in [1.165, 1.54) is 25.3 Å². The first-order valence-electron chi connectivity index (χ1n) is 5.96. The Morgan fingerprint density at radius 1 is 1.25 bits per heavy atom. The van der Waals surface area contributed by atoms with Crippen molar-refractivity contribution in [1.29, 1.82) is 0 Å². The zero-order chi connectivity index (χ0) is 14.4. The third kappa shape index (κ3) is 3.35. The van der Waals surface area contributed by atoms with Crippen LogP contribution in [0.2, 0.25) is 0 Å². The summed E-state index contributed by atoms with van der Waals surface area (Å²) < 4.78 is 4.94. The summed E-state index contributed by atoms with van der Waals surface area (Å²) in [5.74, 6) is -0.156. The van der Waals surface area contributed by atoms with Gasteiger partial charge in [0.25, 0.3) is 5.91 Å². The van der Waals surface area contributed by atoms with Crippen LogP contribution in [0.1, 0.15) is 15.9 Å². The minimum atomic E-state index is -0.379. The molecule has 20 heavy (non-hydrogen) atoms. The van der Waals surface area contributed by atoms with E-state index in [0.29, 0.717) is 5.56 Å². The lowest BCUT2D eigenvalue weighted by Gasteiger charge is -2.05. The molecule has 0 aromatic heterocycles. The summed E-state index contributed by atoms with van der Waals surface area (Å²) in [6.45, 7) is 0. The van der Waals surface area contributed by atoms with Crippen molar-refractivity contribution < 1.29 is 14.6 Å². The molecule has 0 aliphatic carbocycles. The van der Waals surface area contributed by atoms with Gasteiger partial charge in [0.15, 0.2) is 11.5 Å². The van der Waals surface area contributed by atoms with E-state index in [9.17, 15) is 9.90 Å². The minimum absolute atomic E-state index is 0.0168. The lowest BCUT2D eigenvalue weighted by molar-refractivity contribution is 0.0955. The van der Waals surface area contributed by atoms with Gasteiger partial charge in [0, 0.05) is 5.56 Å². The zero-order valence-electron chi connectivity index (χ0n) is 10.9. The molecule has 2 rings (SSSR count). The van der Waals surface area contributed by atoms with Gasteiger partial charge in [-0.1, -0.05) is 30.3 Å². The number of phenols is 1. The highest BCUT2D eigenvalue weighted by atomic mass is 16.5. The molecule has 2 N–H and O–H groups in total. The standard InChI is InChI=1S/C15H14N2O3/c1-20-14-9-12(7-8-13(14)18)15(19)17-16-10-11-5-3-2-4-6-11/h2-10,18H,1H3,(H,17,19)/b16-10+. The maximum Gasteiger partial charge on any atom is 0.271 e. The second-order valence-electron chi connectivity index (χ2n) is 4.00. The Morgan fingerprint density at radius 2 is 2.00 bits per heavy atom. The number of nitrogens with zero attached hydrogens (tertiary/aromatic N) is 1. The number of carbonyl (C=O) groups is 1. The van der Waals surface area contributed by atoms with E-state index in [-0.39, 0.29) is 17.4 Å².